The maximum absolute atomic E-state index is 11.9. The molecule has 2 heterocycles. The number of hydrogen-bond acceptors (Lipinski definition) is 6. The van der Waals surface area contributed by atoms with Crippen LogP contribution in [0.2, 0.25) is 0 Å². The Morgan fingerprint density at radius 2 is 2.23 bits per heavy atom. The van der Waals surface area contributed by atoms with E-state index in [2.05, 4.69) is 10.3 Å². The second-order valence-electron chi connectivity index (χ2n) is 6.41. The molecule has 1 amide bonds. The lowest BCUT2D eigenvalue weighted by molar-refractivity contribution is -0.123. The van der Waals surface area contributed by atoms with Crippen LogP contribution in [0.4, 0.5) is 0 Å². The molecule has 0 spiro atoms. The number of rotatable bonds is 8. The van der Waals surface area contributed by atoms with Crippen LogP contribution in [0, 0.1) is 0 Å². The third-order valence-corrected chi connectivity index (χ3v) is 4.59. The molecule has 1 aliphatic heterocycles. The van der Waals surface area contributed by atoms with Crippen molar-refractivity contribution in [3.63, 3.8) is 0 Å². The molecular weight excluding hydrogens is 338 g/mol. The fourth-order valence-electron chi connectivity index (χ4n) is 3.19. The van der Waals surface area contributed by atoms with Crippen molar-refractivity contribution in [1.29, 1.82) is 0 Å². The molecule has 0 radical (unpaired) electrons. The topological polar surface area (TPSA) is 106 Å². The molecule has 8 heteroatoms. The highest BCUT2D eigenvalue weighted by Gasteiger charge is 2.41. The average Bonchev–Trinajstić information content (AvgIpc) is 3.17. The van der Waals surface area contributed by atoms with Crippen molar-refractivity contribution in [1.82, 2.24) is 14.9 Å². The molecule has 2 aromatic rings. The third kappa shape index (κ3) is 4.21. The predicted octanol–water partition coefficient (Wildman–Crippen LogP) is 0.0683. The molecule has 3 rings (SSSR count). The molecular formula is C18H25N3O5. The van der Waals surface area contributed by atoms with Gasteiger partial charge in [-0.3, -0.25) is 4.79 Å². The van der Waals surface area contributed by atoms with Gasteiger partial charge in [0.15, 0.2) is 0 Å². The SMILES string of the molecule is CC1OC(CO)C(O)C1OCCC(=O)NCCn1cnc2ccccc21. The molecule has 1 saturated heterocycles. The maximum atomic E-state index is 11.9. The summed E-state index contributed by atoms with van der Waals surface area (Å²) in [7, 11) is 0. The molecule has 1 aliphatic rings. The number of carbonyl (C=O) groups excluding carboxylic acids is 1. The van der Waals surface area contributed by atoms with Crippen LogP contribution in [0.3, 0.4) is 0 Å². The molecule has 1 fully saturated rings. The van der Waals surface area contributed by atoms with Gasteiger partial charge in [-0.1, -0.05) is 12.1 Å². The van der Waals surface area contributed by atoms with E-state index in [1.807, 2.05) is 28.8 Å². The van der Waals surface area contributed by atoms with Crippen LogP contribution in [0.15, 0.2) is 30.6 Å². The number of benzene rings is 1. The summed E-state index contributed by atoms with van der Waals surface area (Å²) in [6.45, 7) is 2.84. The van der Waals surface area contributed by atoms with E-state index in [0.717, 1.165) is 11.0 Å². The molecule has 1 aromatic carbocycles. The van der Waals surface area contributed by atoms with E-state index in [9.17, 15) is 9.90 Å². The number of aliphatic hydroxyl groups excluding tert-OH is 2. The summed E-state index contributed by atoms with van der Waals surface area (Å²) in [5.74, 6) is -0.116. The fraction of sp³-hybridized carbons (Fsp3) is 0.556. The van der Waals surface area contributed by atoms with Crippen molar-refractivity contribution in [3.8, 4) is 0 Å². The summed E-state index contributed by atoms with van der Waals surface area (Å²) in [5, 5.41) is 22.0. The van der Waals surface area contributed by atoms with Gasteiger partial charge in [0, 0.05) is 19.5 Å². The number of carbonyl (C=O) groups is 1. The molecule has 0 aliphatic carbocycles. The maximum Gasteiger partial charge on any atom is 0.222 e. The van der Waals surface area contributed by atoms with E-state index in [-0.39, 0.29) is 31.6 Å². The van der Waals surface area contributed by atoms with Crippen molar-refractivity contribution in [3.05, 3.63) is 30.6 Å². The number of ether oxygens (including phenoxy) is 2. The van der Waals surface area contributed by atoms with Gasteiger partial charge < -0.3 is 29.6 Å². The lowest BCUT2D eigenvalue weighted by Gasteiger charge is -2.18. The van der Waals surface area contributed by atoms with Crippen molar-refractivity contribution in [2.75, 3.05) is 19.8 Å². The fourth-order valence-corrected chi connectivity index (χ4v) is 3.19. The summed E-state index contributed by atoms with van der Waals surface area (Å²) >= 11 is 0. The van der Waals surface area contributed by atoms with Gasteiger partial charge >= 0.3 is 0 Å². The van der Waals surface area contributed by atoms with Crippen molar-refractivity contribution in [2.45, 2.75) is 44.3 Å². The number of fused-ring (bicyclic) bond motifs is 1. The Bertz CT molecular complexity index is 734. The molecule has 1 aromatic heterocycles. The van der Waals surface area contributed by atoms with E-state index in [0.29, 0.717) is 13.1 Å². The van der Waals surface area contributed by atoms with Gasteiger partial charge in [-0.25, -0.2) is 4.98 Å². The van der Waals surface area contributed by atoms with Gasteiger partial charge in [-0.15, -0.1) is 0 Å². The molecule has 4 atom stereocenters. The Labute approximate surface area is 151 Å². The lowest BCUT2D eigenvalue weighted by Crippen LogP contribution is -2.36. The molecule has 26 heavy (non-hydrogen) atoms. The highest BCUT2D eigenvalue weighted by molar-refractivity contribution is 5.76. The van der Waals surface area contributed by atoms with Crippen LogP contribution in [0.25, 0.3) is 11.0 Å². The molecule has 0 saturated carbocycles. The summed E-state index contributed by atoms with van der Waals surface area (Å²) in [5.41, 5.74) is 1.97. The Balaban J connectivity index is 1.37. The Hall–Kier alpha value is -2.00. The van der Waals surface area contributed by atoms with E-state index in [1.165, 1.54) is 0 Å². The van der Waals surface area contributed by atoms with Crippen LogP contribution in [0.1, 0.15) is 13.3 Å². The summed E-state index contributed by atoms with van der Waals surface area (Å²) in [6, 6.07) is 7.84. The van der Waals surface area contributed by atoms with Gasteiger partial charge in [0.1, 0.15) is 18.3 Å². The number of aromatic nitrogens is 2. The smallest absolute Gasteiger partial charge is 0.222 e. The number of aliphatic hydroxyl groups is 2. The Morgan fingerprint density at radius 1 is 1.42 bits per heavy atom. The number of amides is 1. The minimum absolute atomic E-state index is 0.116. The number of nitrogens with zero attached hydrogens (tertiary/aromatic N) is 2. The van der Waals surface area contributed by atoms with Crippen LogP contribution >= 0.6 is 0 Å². The summed E-state index contributed by atoms with van der Waals surface area (Å²) in [6.07, 6.45) is -0.399. The first-order valence-corrected chi connectivity index (χ1v) is 8.82. The standard InChI is InChI=1S/C18H25N3O5/c1-12-18(17(24)15(10-22)26-12)25-9-6-16(23)19-7-8-21-11-20-13-4-2-3-5-14(13)21/h2-5,11-12,15,17-18,22,24H,6-10H2,1H3,(H,19,23). The molecule has 3 N–H and O–H groups in total. The molecule has 8 nitrogen and oxygen atoms in total. The highest BCUT2D eigenvalue weighted by Crippen LogP contribution is 2.23. The lowest BCUT2D eigenvalue weighted by atomic mass is 10.1. The van der Waals surface area contributed by atoms with Gasteiger partial charge in [0.05, 0.1) is 36.7 Å². The third-order valence-electron chi connectivity index (χ3n) is 4.59. The first-order valence-electron chi connectivity index (χ1n) is 8.82. The zero-order chi connectivity index (χ0) is 18.5. The molecule has 4 unspecified atom stereocenters. The van der Waals surface area contributed by atoms with Gasteiger partial charge in [0.25, 0.3) is 0 Å². The number of nitrogens with one attached hydrogen (secondary N) is 1. The van der Waals surface area contributed by atoms with Gasteiger partial charge in [-0.2, -0.15) is 0 Å². The number of hydrogen-bond donors (Lipinski definition) is 3. The summed E-state index contributed by atoms with van der Waals surface area (Å²) < 4.78 is 13.0. The van der Waals surface area contributed by atoms with Crippen molar-refractivity contribution in [2.24, 2.45) is 0 Å². The average molecular weight is 363 g/mol. The first kappa shape index (κ1) is 18.8. The minimum Gasteiger partial charge on any atom is -0.394 e. The van der Waals surface area contributed by atoms with Crippen LogP contribution < -0.4 is 5.32 Å². The molecule has 142 valence electrons. The predicted molar refractivity (Wildman–Crippen MR) is 94.5 cm³/mol. The zero-order valence-electron chi connectivity index (χ0n) is 14.7. The van der Waals surface area contributed by atoms with Crippen LogP contribution in [0.5, 0.6) is 0 Å². The highest BCUT2D eigenvalue weighted by atomic mass is 16.6. The second-order valence-corrected chi connectivity index (χ2v) is 6.41. The van der Waals surface area contributed by atoms with Crippen LogP contribution in [-0.4, -0.2) is 69.8 Å². The first-order chi connectivity index (χ1) is 12.6. The van der Waals surface area contributed by atoms with E-state index < -0.39 is 18.3 Å². The van der Waals surface area contributed by atoms with Crippen LogP contribution in [-0.2, 0) is 20.8 Å². The number of imidazole rings is 1. The number of para-hydroxylation sites is 2. The van der Waals surface area contributed by atoms with Crippen molar-refractivity contribution >= 4 is 16.9 Å². The quantitative estimate of drug-likeness (QED) is 0.613. The second kappa shape index (κ2) is 8.59. The largest absolute Gasteiger partial charge is 0.394 e. The summed E-state index contributed by atoms with van der Waals surface area (Å²) in [4.78, 5) is 16.3. The minimum atomic E-state index is -0.882. The van der Waals surface area contributed by atoms with E-state index in [4.69, 9.17) is 14.6 Å². The van der Waals surface area contributed by atoms with E-state index >= 15 is 0 Å². The Kier molecular flexibility index (Phi) is 6.20. The van der Waals surface area contributed by atoms with E-state index in [1.54, 1.807) is 13.3 Å². The van der Waals surface area contributed by atoms with Gasteiger partial charge in [-0.05, 0) is 19.1 Å². The van der Waals surface area contributed by atoms with Gasteiger partial charge in [0.2, 0.25) is 5.91 Å². The zero-order valence-corrected chi connectivity index (χ0v) is 14.7. The monoisotopic (exact) mass is 363 g/mol. The molecule has 0 bridgehead atoms. The normalized spacial score (nSPS) is 25.7. The Morgan fingerprint density at radius 3 is 3.00 bits per heavy atom. The van der Waals surface area contributed by atoms with Crippen molar-refractivity contribution < 1.29 is 24.5 Å².